The highest BCUT2D eigenvalue weighted by molar-refractivity contribution is 5.80. The Morgan fingerprint density at radius 2 is 1.73 bits per heavy atom. The molecule has 1 aromatic heterocycles. The van der Waals surface area contributed by atoms with Crippen molar-refractivity contribution in [2.24, 2.45) is 5.92 Å². The zero-order valence-corrected chi connectivity index (χ0v) is 16.8. The minimum Gasteiger partial charge on any atom is -0.508 e. The predicted molar refractivity (Wildman–Crippen MR) is 121 cm³/mol. The van der Waals surface area contributed by atoms with Crippen LogP contribution in [0.1, 0.15) is 35.8 Å². The highest BCUT2D eigenvalue weighted by Gasteiger charge is 2.25. The van der Waals surface area contributed by atoms with E-state index in [1.807, 2.05) is 60.7 Å². The number of pyridine rings is 1. The molecule has 3 aromatic rings. The van der Waals surface area contributed by atoms with Crippen molar-refractivity contribution in [1.29, 1.82) is 0 Å². The molecule has 30 heavy (non-hydrogen) atoms. The Labute approximate surface area is 177 Å². The standard InChI is InChI=1S/C26H27NO3/c1-2-23(26(30)20-10-4-3-5-11-20)25(29)15-14-21(24-13-6-7-16-27-24)17-19-9-8-12-22(28)18-19/h2-13,16-18,23,25-26,28-30H,1,14-15H2/b21-17-/t23-,25-,26-/m1/s1. The second-order valence-electron chi connectivity index (χ2n) is 7.25. The Morgan fingerprint density at radius 3 is 2.40 bits per heavy atom. The Balaban J connectivity index is 1.78. The van der Waals surface area contributed by atoms with E-state index in [4.69, 9.17) is 0 Å². The van der Waals surface area contributed by atoms with Crippen molar-refractivity contribution < 1.29 is 15.3 Å². The van der Waals surface area contributed by atoms with Gasteiger partial charge in [0.15, 0.2) is 0 Å². The minimum atomic E-state index is -0.827. The first kappa shape index (κ1) is 21.5. The van der Waals surface area contributed by atoms with E-state index in [1.165, 1.54) is 0 Å². The maximum atomic E-state index is 10.8. The van der Waals surface area contributed by atoms with E-state index >= 15 is 0 Å². The molecule has 3 N–H and O–H groups in total. The van der Waals surface area contributed by atoms with Gasteiger partial charge in [-0.1, -0.05) is 54.6 Å². The van der Waals surface area contributed by atoms with Gasteiger partial charge in [0.1, 0.15) is 5.75 Å². The van der Waals surface area contributed by atoms with Gasteiger partial charge in [-0.15, -0.1) is 6.58 Å². The fourth-order valence-corrected chi connectivity index (χ4v) is 3.51. The summed E-state index contributed by atoms with van der Waals surface area (Å²) in [6.45, 7) is 3.82. The van der Waals surface area contributed by atoms with Gasteiger partial charge < -0.3 is 15.3 Å². The minimum absolute atomic E-state index is 0.196. The third-order valence-corrected chi connectivity index (χ3v) is 5.14. The molecule has 0 saturated heterocycles. The van der Waals surface area contributed by atoms with Crippen molar-refractivity contribution >= 4 is 11.6 Å². The van der Waals surface area contributed by atoms with Crippen molar-refractivity contribution in [2.75, 3.05) is 0 Å². The van der Waals surface area contributed by atoms with Crippen LogP contribution in [0.15, 0.2) is 91.6 Å². The molecule has 0 radical (unpaired) electrons. The van der Waals surface area contributed by atoms with Crippen molar-refractivity contribution in [3.8, 4) is 5.75 Å². The summed E-state index contributed by atoms with van der Waals surface area (Å²) < 4.78 is 0. The molecule has 0 amide bonds. The Morgan fingerprint density at radius 1 is 0.967 bits per heavy atom. The lowest BCUT2D eigenvalue weighted by atomic mass is 9.87. The van der Waals surface area contributed by atoms with Crippen LogP contribution in [0.3, 0.4) is 0 Å². The van der Waals surface area contributed by atoms with Crippen LogP contribution < -0.4 is 0 Å². The van der Waals surface area contributed by atoms with Gasteiger partial charge in [-0.05, 0) is 59.9 Å². The lowest BCUT2D eigenvalue weighted by Gasteiger charge is -2.25. The monoisotopic (exact) mass is 401 g/mol. The van der Waals surface area contributed by atoms with Gasteiger partial charge in [-0.25, -0.2) is 0 Å². The maximum Gasteiger partial charge on any atom is 0.116 e. The number of aliphatic hydroxyl groups is 2. The summed E-state index contributed by atoms with van der Waals surface area (Å²) in [5.41, 5.74) is 3.36. The summed E-state index contributed by atoms with van der Waals surface area (Å²) in [6.07, 6.45) is 4.70. The van der Waals surface area contributed by atoms with E-state index in [0.29, 0.717) is 12.8 Å². The second kappa shape index (κ2) is 10.5. The smallest absolute Gasteiger partial charge is 0.116 e. The van der Waals surface area contributed by atoms with E-state index in [-0.39, 0.29) is 5.75 Å². The van der Waals surface area contributed by atoms with Crippen LogP contribution >= 0.6 is 0 Å². The normalized spacial score (nSPS) is 14.7. The van der Waals surface area contributed by atoms with Gasteiger partial charge >= 0.3 is 0 Å². The lowest BCUT2D eigenvalue weighted by Crippen LogP contribution is -2.25. The molecule has 0 spiro atoms. The fraction of sp³-hybridized carbons (Fsp3) is 0.192. The van der Waals surface area contributed by atoms with Crippen LogP contribution in [-0.4, -0.2) is 26.4 Å². The first-order valence-electron chi connectivity index (χ1n) is 10.0. The molecule has 4 heteroatoms. The van der Waals surface area contributed by atoms with Crippen molar-refractivity contribution in [3.05, 3.63) is 108 Å². The van der Waals surface area contributed by atoms with Gasteiger partial charge in [0, 0.05) is 12.1 Å². The number of aromatic hydroxyl groups is 1. The van der Waals surface area contributed by atoms with Crippen LogP contribution in [0.5, 0.6) is 5.75 Å². The maximum absolute atomic E-state index is 10.8. The summed E-state index contributed by atoms with van der Waals surface area (Å²) in [6, 6.07) is 22.0. The summed E-state index contributed by atoms with van der Waals surface area (Å²) >= 11 is 0. The number of phenolic OH excluding ortho intramolecular Hbond substituents is 1. The zero-order chi connectivity index (χ0) is 21.3. The van der Waals surface area contributed by atoms with E-state index in [0.717, 1.165) is 22.4 Å². The molecule has 3 rings (SSSR count). The molecule has 3 atom stereocenters. The number of hydrogen-bond donors (Lipinski definition) is 3. The number of nitrogens with zero attached hydrogens (tertiary/aromatic N) is 1. The number of aliphatic hydroxyl groups excluding tert-OH is 2. The molecule has 0 aliphatic rings. The third-order valence-electron chi connectivity index (χ3n) is 5.14. The summed E-state index contributed by atoms with van der Waals surface area (Å²) in [7, 11) is 0. The lowest BCUT2D eigenvalue weighted by molar-refractivity contribution is 0.0325. The van der Waals surface area contributed by atoms with E-state index in [9.17, 15) is 15.3 Å². The van der Waals surface area contributed by atoms with Crippen LogP contribution in [0, 0.1) is 5.92 Å². The van der Waals surface area contributed by atoms with E-state index in [2.05, 4.69) is 11.6 Å². The molecule has 0 aliphatic heterocycles. The molecule has 0 fully saturated rings. The van der Waals surface area contributed by atoms with Crippen LogP contribution in [0.25, 0.3) is 11.6 Å². The number of aromatic nitrogens is 1. The number of rotatable bonds is 9. The molecule has 154 valence electrons. The number of allylic oxidation sites excluding steroid dienone is 1. The number of phenols is 1. The predicted octanol–water partition coefficient (Wildman–Crippen LogP) is 5.00. The van der Waals surface area contributed by atoms with E-state index in [1.54, 1.807) is 30.5 Å². The molecule has 0 aliphatic carbocycles. The summed E-state index contributed by atoms with van der Waals surface area (Å²) in [5, 5.41) is 31.3. The SMILES string of the molecule is C=C[C@H]([C@H](O)CC/C(=C/c1cccc(O)c1)c1ccccn1)[C@H](O)c1ccccc1. The van der Waals surface area contributed by atoms with Gasteiger partial charge in [0.05, 0.1) is 17.9 Å². The highest BCUT2D eigenvalue weighted by atomic mass is 16.3. The van der Waals surface area contributed by atoms with Crippen LogP contribution in [-0.2, 0) is 0 Å². The average Bonchev–Trinajstić information content (AvgIpc) is 2.78. The molecular weight excluding hydrogens is 374 g/mol. The summed E-state index contributed by atoms with van der Waals surface area (Å²) in [4.78, 5) is 4.44. The molecule has 2 aromatic carbocycles. The quantitative estimate of drug-likeness (QED) is 0.441. The first-order chi connectivity index (χ1) is 14.6. The van der Waals surface area contributed by atoms with Crippen molar-refractivity contribution in [2.45, 2.75) is 25.0 Å². The van der Waals surface area contributed by atoms with E-state index < -0.39 is 18.1 Å². The Kier molecular flexibility index (Phi) is 7.55. The average molecular weight is 402 g/mol. The molecule has 1 heterocycles. The van der Waals surface area contributed by atoms with Gasteiger partial charge in [0.25, 0.3) is 0 Å². The topological polar surface area (TPSA) is 73.6 Å². The molecule has 0 bridgehead atoms. The first-order valence-corrected chi connectivity index (χ1v) is 10.0. The van der Waals surface area contributed by atoms with Crippen LogP contribution in [0.4, 0.5) is 0 Å². The molecule has 0 unspecified atom stereocenters. The second-order valence-corrected chi connectivity index (χ2v) is 7.25. The number of benzene rings is 2. The van der Waals surface area contributed by atoms with Gasteiger partial charge in [0.2, 0.25) is 0 Å². The Hall–Kier alpha value is -3.21. The van der Waals surface area contributed by atoms with Crippen molar-refractivity contribution in [3.63, 3.8) is 0 Å². The number of hydrogen-bond acceptors (Lipinski definition) is 4. The Bertz CT molecular complexity index is 970. The molecule has 0 saturated carbocycles. The molecule has 4 nitrogen and oxygen atoms in total. The van der Waals surface area contributed by atoms with Crippen LogP contribution in [0.2, 0.25) is 0 Å². The summed E-state index contributed by atoms with van der Waals surface area (Å²) in [5.74, 6) is -0.292. The largest absolute Gasteiger partial charge is 0.508 e. The fourth-order valence-electron chi connectivity index (χ4n) is 3.51. The van der Waals surface area contributed by atoms with Crippen molar-refractivity contribution in [1.82, 2.24) is 4.98 Å². The highest BCUT2D eigenvalue weighted by Crippen LogP contribution is 2.30. The third kappa shape index (κ3) is 5.66. The van der Waals surface area contributed by atoms with Gasteiger partial charge in [-0.2, -0.15) is 0 Å². The van der Waals surface area contributed by atoms with Gasteiger partial charge in [-0.3, -0.25) is 4.98 Å². The zero-order valence-electron chi connectivity index (χ0n) is 16.8. The molecular formula is C26H27NO3.